The van der Waals surface area contributed by atoms with Crippen molar-refractivity contribution in [3.63, 3.8) is 0 Å². The molecular weight excluding hydrogens is 252 g/mol. The summed E-state index contributed by atoms with van der Waals surface area (Å²) in [6.07, 6.45) is 3.45. The second-order valence-electron chi connectivity index (χ2n) is 4.47. The molecule has 1 aliphatic rings. The lowest BCUT2D eigenvalue weighted by Crippen LogP contribution is -2.10. The van der Waals surface area contributed by atoms with E-state index in [1.807, 2.05) is 0 Å². The Balaban J connectivity index is 1.87. The molecular formula is C14H17ClO3. The smallest absolute Gasteiger partial charge is 0.159 e. The highest BCUT2D eigenvalue weighted by molar-refractivity contribution is 6.32. The van der Waals surface area contributed by atoms with Crippen LogP contribution in [0.4, 0.5) is 0 Å². The Kier molecular flexibility index (Phi) is 4.61. The molecule has 98 valence electrons. The van der Waals surface area contributed by atoms with E-state index in [-0.39, 0.29) is 5.78 Å². The van der Waals surface area contributed by atoms with E-state index in [1.165, 1.54) is 6.92 Å². The Labute approximate surface area is 112 Å². The average molecular weight is 269 g/mol. The van der Waals surface area contributed by atoms with Crippen LogP contribution in [0.15, 0.2) is 18.2 Å². The first-order valence-corrected chi connectivity index (χ1v) is 6.59. The van der Waals surface area contributed by atoms with Crippen LogP contribution < -0.4 is 4.74 Å². The number of Topliss-reactive ketones (excluding diaryl/α,β-unsaturated/α-hetero) is 1. The normalized spacial score (nSPS) is 18.9. The van der Waals surface area contributed by atoms with E-state index < -0.39 is 0 Å². The molecule has 1 fully saturated rings. The van der Waals surface area contributed by atoms with Gasteiger partial charge in [0.2, 0.25) is 0 Å². The van der Waals surface area contributed by atoms with Gasteiger partial charge in [0, 0.05) is 18.6 Å². The fourth-order valence-corrected chi connectivity index (χ4v) is 2.24. The predicted molar refractivity (Wildman–Crippen MR) is 70.5 cm³/mol. The molecule has 0 bridgehead atoms. The van der Waals surface area contributed by atoms with Crippen LogP contribution in [-0.2, 0) is 4.74 Å². The van der Waals surface area contributed by atoms with Gasteiger partial charge in [-0.15, -0.1) is 0 Å². The summed E-state index contributed by atoms with van der Waals surface area (Å²) in [5.74, 6) is 0.627. The van der Waals surface area contributed by atoms with Crippen LogP contribution in [0.3, 0.4) is 0 Å². The molecule has 1 heterocycles. The van der Waals surface area contributed by atoms with Gasteiger partial charge in [-0.25, -0.2) is 0 Å². The van der Waals surface area contributed by atoms with Crippen molar-refractivity contribution in [2.24, 2.45) is 0 Å². The Bertz CT molecular complexity index is 425. The summed E-state index contributed by atoms with van der Waals surface area (Å²) in [6.45, 7) is 2.96. The maximum Gasteiger partial charge on any atom is 0.159 e. The van der Waals surface area contributed by atoms with Crippen molar-refractivity contribution in [2.45, 2.75) is 32.3 Å². The number of ketones is 1. The lowest BCUT2D eigenvalue weighted by atomic mass is 10.1. The van der Waals surface area contributed by atoms with Gasteiger partial charge in [-0.05, 0) is 38.0 Å². The molecule has 0 radical (unpaired) electrons. The minimum absolute atomic E-state index is 0.00260. The number of carbonyl (C=O) groups excluding carboxylic acids is 1. The van der Waals surface area contributed by atoms with Crippen molar-refractivity contribution in [3.05, 3.63) is 28.8 Å². The molecule has 0 spiro atoms. The van der Waals surface area contributed by atoms with E-state index in [2.05, 4.69) is 0 Å². The fourth-order valence-electron chi connectivity index (χ4n) is 2.01. The highest BCUT2D eigenvalue weighted by atomic mass is 35.5. The minimum atomic E-state index is 0.00260. The van der Waals surface area contributed by atoms with Crippen LogP contribution >= 0.6 is 11.6 Å². The first-order chi connectivity index (χ1) is 8.66. The topological polar surface area (TPSA) is 35.5 Å². The van der Waals surface area contributed by atoms with Gasteiger partial charge in [-0.3, -0.25) is 4.79 Å². The molecule has 1 aromatic rings. The number of rotatable bonds is 5. The third kappa shape index (κ3) is 3.47. The van der Waals surface area contributed by atoms with Gasteiger partial charge in [0.1, 0.15) is 5.75 Å². The minimum Gasteiger partial charge on any atom is -0.492 e. The maximum absolute atomic E-state index is 11.2. The standard InChI is InChI=1S/C14H17ClO3/c1-10(16)11-4-5-14(13(15)9-11)18-8-6-12-3-2-7-17-12/h4-5,9,12H,2-3,6-8H2,1H3. The van der Waals surface area contributed by atoms with Crippen LogP contribution in [0.5, 0.6) is 5.75 Å². The molecule has 2 rings (SSSR count). The van der Waals surface area contributed by atoms with E-state index in [0.717, 1.165) is 25.9 Å². The first kappa shape index (κ1) is 13.4. The zero-order valence-electron chi connectivity index (χ0n) is 10.4. The van der Waals surface area contributed by atoms with E-state index in [1.54, 1.807) is 18.2 Å². The van der Waals surface area contributed by atoms with Crippen LogP contribution in [0, 0.1) is 0 Å². The van der Waals surface area contributed by atoms with Gasteiger partial charge in [-0.1, -0.05) is 11.6 Å². The lowest BCUT2D eigenvalue weighted by molar-refractivity contribution is 0.0904. The summed E-state index contributed by atoms with van der Waals surface area (Å²) in [6, 6.07) is 5.12. The molecule has 1 unspecified atom stereocenters. The Morgan fingerprint density at radius 1 is 1.56 bits per heavy atom. The number of ether oxygens (including phenoxy) is 2. The summed E-state index contributed by atoms with van der Waals surface area (Å²) in [5, 5.41) is 0.482. The second-order valence-corrected chi connectivity index (χ2v) is 4.88. The van der Waals surface area contributed by atoms with Crippen molar-refractivity contribution in [2.75, 3.05) is 13.2 Å². The molecule has 0 saturated carbocycles. The van der Waals surface area contributed by atoms with Crippen LogP contribution in [-0.4, -0.2) is 25.1 Å². The first-order valence-electron chi connectivity index (χ1n) is 6.21. The molecule has 0 aliphatic carbocycles. The van der Waals surface area contributed by atoms with Crippen LogP contribution in [0.1, 0.15) is 36.5 Å². The third-order valence-electron chi connectivity index (χ3n) is 3.06. The van der Waals surface area contributed by atoms with Gasteiger partial charge in [0.25, 0.3) is 0 Å². The molecule has 1 atom stereocenters. The molecule has 0 N–H and O–H groups in total. The van der Waals surface area contributed by atoms with Crippen LogP contribution in [0.2, 0.25) is 5.02 Å². The van der Waals surface area contributed by atoms with Gasteiger partial charge in [0.15, 0.2) is 5.78 Å². The van der Waals surface area contributed by atoms with Crippen molar-refractivity contribution in [1.29, 1.82) is 0 Å². The number of benzene rings is 1. The Hall–Kier alpha value is -1.06. The molecule has 18 heavy (non-hydrogen) atoms. The fraction of sp³-hybridized carbons (Fsp3) is 0.500. The van der Waals surface area contributed by atoms with E-state index >= 15 is 0 Å². The lowest BCUT2D eigenvalue weighted by Gasteiger charge is -2.12. The summed E-state index contributed by atoms with van der Waals surface area (Å²) >= 11 is 6.06. The third-order valence-corrected chi connectivity index (χ3v) is 3.36. The summed E-state index contributed by atoms with van der Waals surface area (Å²) in [5.41, 5.74) is 0.603. The zero-order chi connectivity index (χ0) is 13.0. The van der Waals surface area contributed by atoms with Crippen molar-refractivity contribution in [1.82, 2.24) is 0 Å². The summed E-state index contributed by atoms with van der Waals surface area (Å²) in [7, 11) is 0. The molecule has 4 heteroatoms. The molecule has 1 saturated heterocycles. The van der Waals surface area contributed by atoms with Crippen molar-refractivity contribution < 1.29 is 14.3 Å². The Morgan fingerprint density at radius 3 is 3.00 bits per heavy atom. The van der Waals surface area contributed by atoms with Gasteiger partial charge in [-0.2, -0.15) is 0 Å². The number of hydrogen-bond acceptors (Lipinski definition) is 3. The Morgan fingerprint density at radius 2 is 2.39 bits per heavy atom. The number of hydrogen-bond donors (Lipinski definition) is 0. The van der Waals surface area contributed by atoms with Gasteiger partial charge < -0.3 is 9.47 Å². The molecule has 1 aromatic carbocycles. The maximum atomic E-state index is 11.2. The highest BCUT2D eigenvalue weighted by Crippen LogP contribution is 2.26. The highest BCUT2D eigenvalue weighted by Gasteiger charge is 2.15. The number of carbonyl (C=O) groups is 1. The van der Waals surface area contributed by atoms with E-state index in [9.17, 15) is 4.79 Å². The van der Waals surface area contributed by atoms with E-state index in [4.69, 9.17) is 21.1 Å². The zero-order valence-corrected chi connectivity index (χ0v) is 11.2. The SMILES string of the molecule is CC(=O)c1ccc(OCCC2CCCO2)c(Cl)c1. The second kappa shape index (κ2) is 6.21. The van der Waals surface area contributed by atoms with Crippen molar-refractivity contribution >= 4 is 17.4 Å². The van der Waals surface area contributed by atoms with Gasteiger partial charge in [0.05, 0.1) is 17.7 Å². The quantitative estimate of drug-likeness (QED) is 0.767. The number of halogens is 1. The average Bonchev–Trinajstić information content (AvgIpc) is 2.84. The van der Waals surface area contributed by atoms with Crippen molar-refractivity contribution in [3.8, 4) is 5.75 Å². The summed E-state index contributed by atoms with van der Waals surface area (Å²) < 4.78 is 11.1. The summed E-state index contributed by atoms with van der Waals surface area (Å²) in [4.78, 5) is 11.2. The molecule has 1 aliphatic heterocycles. The molecule has 0 aromatic heterocycles. The largest absolute Gasteiger partial charge is 0.492 e. The van der Waals surface area contributed by atoms with Crippen LogP contribution in [0.25, 0.3) is 0 Å². The predicted octanol–water partition coefficient (Wildman–Crippen LogP) is 3.49. The van der Waals surface area contributed by atoms with Gasteiger partial charge >= 0.3 is 0 Å². The monoisotopic (exact) mass is 268 g/mol. The van der Waals surface area contributed by atoms with E-state index in [0.29, 0.717) is 29.0 Å². The molecule has 3 nitrogen and oxygen atoms in total. The molecule has 0 amide bonds.